The van der Waals surface area contributed by atoms with Crippen LogP contribution in [0.25, 0.3) is 0 Å². The summed E-state index contributed by atoms with van der Waals surface area (Å²) in [5.41, 5.74) is -0.183. The highest BCUT2D eigenvalue weighted by atomic mass is 32.2. The standard InChI is InChI=1S/C24H21F3N4O6S2/c25-15-5-3-14(4-6-15)19(13-20(32)33)28-22(34)23-30(24(35)29-18-8-7-16(26)12-17(18)27)9-10-31(23)39(36,37)21-2-1-11-38-21/h1-8,11-12,19,23H,9-10,13H2,(H,28,34)(H,29,35)(H,32,33). The molecule has 2 heterocycles. The Bertz CT molecular complexity index is 1490. The molecule has 39 heavy (non-hydrogen) atoms. The van der Waals surface area contributed by atoms with E-state index in [1.54, 1.807) is 0 Å². The minimum Gasteiger partial charge on any atom is -0.481 e. The lowest BCUT2D eigenvalue weighted by atomic mass is 10.0. The van der Waals surface area contributed by atoms with Crippen molar-refractivity contribution in [2.45, 2.75) is 22.8 Å². The first-order valence-corrected chi connectivity index (χ1v) is 13.6. The average molecular weight is 583 g/mol. The van der Waals surface area contributed by atoms with Crippen LogP contribution in [0.5, 0.6) is 0 Å². The predicted molar refractivity (Wildman–Crippen MR) is 134 cm³/mol. The number of rotatable bonds is 8. The number of nitrogens with one attached hydrogen (secondary N) is 2. The summed E-state index contributed by atoms with van der Waals surface area (Å²) in [5, 5.41) is 15.5. The summed E-state index contributed by atoms with van der Waals surface area (Å²) in [6.07, 6.45) is -2.42. The van der Waals surface area contributed by atoms with Crippen LogP contribution in [0, 0.1) is 17.5 Å². The Balaban J connectivity index is 1.67. The molecule has 0 saturated carbocycles. The lowest BCUT2D eigenvalue weighted by molar-refractivity contribution is -0.138. The molecule has 3 aromatic rings. The first-order chi connectivity index (χ1) is 18.5. The highest BCUT2D eigenvalue weighted by Crippen LogP contribution is 2.29. The van der Waals surface area contributed by atoms with E-state index in [9.17, 15) is 41.1 Å². The van der Waals surface area contributed by atoms with E-state index in [-0.39, 0.29) is 22.9 Å². The number of hydrogen-bond donors (Lipinski definition) is 3. The van der Waals surface area contributed by atoms with Gasteiger partial charge in [-0.05, 0) is 41.3 Å². The van der Waals surface area contributed by atoms with Crippen LogP contribution in [0.3, 0.4) is 0 Å². The van der Waals surface area contributed by atoms with Crippen LogP contribution in [0.4, 0.5) is 23.7 Å². The number of aliphatic carboxylic acids is 1. The number of benzene rings is 2. The van der Waals surface area contributed by atoms with Gasteiger partial charge in [-0.3, -0.25) is 14.5 Å². The van der Waals surface area contributed by atoms with Gasteiger partial charge in [0.2, 0.25) is 0 Å². The van der Waals surface area contributed by atoms with E-state index in [2.05, 4.69) is 10.6 Å². The van der Waals surface area contributed by atoms with Crippen molar-refractivity contribution in [1.82, 2.24) is 14.5 Å². The Kier molecular flexibility index (Phi) is 8.22. The van der Waals surface area contributed by atoms with E-state index < -0.39 is 69.7 Å². The normalized spacial score (nSPS) is 16.6. The summed E-state index contributed by atoms with van der Waals surface area (Å²) in [7, 11) is -4.29. The summed E-state index contributed by atoms with van der Waals surface area (Å²) < 4.78 is 68.3. The number of anilines is 1. The van der Waals surface area contributed by atoms with Gasteiger partial charge in [0.25, 0.3) is 15.9 Å². The van der Waals surface area contributed by atoms with Crippen LogP contribution < -0.4 is 10.6 Å². The van der Waals surface area contributed by atoms with Crippen LogP contribution in [0.15, 0.2) is 64.2 Å². The van der Waals surface area contributed by atoms with Gasteiger partial charge >= 0.3 is 12.0 Å². The van der Waals surface area contributed by atoms with Crippen molar-refractivity contribution in [1.29, 1.82) is 0 Å². The lowest BCUT2D eigenvalue weighted by Crippen LogP contribution is -2.55. The summed E-state index contributed by atoms with van der Waals surface area (Å²) in [6, 6.07) is 7.61. The molecular weight excluding hydrogens is 561 g/mol. The molecule has 2 aromatic carbocycles. The van der Waals surface area contributed by atoms with E-state index in [0.717, 1.165) is 44.8 Å². The fraction of sp³-hybridized carbons (Fsp3) is 0.208. The fourth-order valence-corrected chi connectivity index (χ4v) is 6.68. The summed E-state index contributed by atoms with van der Waals surface area (Å²) in [5.74, 6) is -4.93. The molecule has 2 atom stereocenters. The fourth-order valence-electron chi connectivity index (χ4n) is 4.01. The molecule has 0 bridgehead atoms. The number of carbonyl (C=O) groups is 3. The molecule has 0 radical (unpaired) electrons. The minimum absolute atomic E-state index is 0.104. The van der Waals surface area contributed by atoms with Crippen LogP contribution in [-0.2, 0) is 19.6 Å². The molecule has 3 N–H and O–H groups in total. The second kappa shape index (κ2) is 11.4. The van der Waals surface area contributed by atoms with Crippen molar-refractivity contribution in [3.63, 3.8) is 0 Å². The Morgan fingerprint density at radius 3 is 2.33 bits per heavy atom. The third-order valence-electron chi connectivity index (χ3n) is 5.82. The van der Waals surface area contributed by atoms with Gasteiger partial charge in [0.05, 0.1) is 18.2 Å². The monoisotopic (exact) mass is 582 g/mol. The van der Waals surface area contributed by atoms with Gasteiger partial charge in [0.1, 0.15) is 21.7 Å². The molecule has 1 aliphatic rings. The SMILES string of the molecule is O=C(O)CC(NC(=O)C1N(C(=O)Nc2ccc(F)cc2F)CCN1S(=O)(=O)c1cccs1)c1ccc(F)cc1. The van der Waals surface area contributed by atoms with Gasteiger partial charge in [-0.2, -0.15) is 4.31 Å². The summed E-state index contributed by atoms with van der Waals surface area (Å²) >= 11 is 0.888. The number of carboxylic acid groups (broad SMARTS) is 1. The number of amides is 3. The minimum atomic E-state index is -4.29. The quantitative estimate of drug-likeness (QED) is 0.373. The largest absolute Gasteiger partial charge is 0.481 e. The Morgan fingerprint density at radius 2 is 1.72 bits per heavy atom. The molecule has 1 aromatic heterocycles. The van der Waals surface area contributed by atoms with Gasteiger partial charge in [-0.1, -0.05) is 18.2 Å². The number of carbonyl (C=O) groups excluding carboxylic acids is 2. The maximum atomic E-state index is 14.2. The summed E-state index contributed by atoms with van der Waals surface area (Å²) in [4.78, 5) is 39.0. The zero-order valence-corrected chi connectivity index (χ0v) is 21.5. The van der Waals surface area contributed by atoms with Crippen molar-refractivity contribution in [3.8, 4) is 0 Å². The molecule has 1 saturated heterocycles. The van der Waals surface area contributed by atoms with Crippen molar-refractivity contribution >= 4 is 45.0 Å². The van der Waals surface area contributed by atoms with Gasteiger partial charge in [-0.25, -0.2) is 26.4 Å². The van der Waals surface area contributed by atoms with Gasteiger partial charge in [0.15, 0.2) is 6.17 Å². The predicted octanol–water partition coefficient (Wildman–Crippen LogP) is 3.36. The topological polar surface area (TPSA) is 136 Å². The number of urea groups is 1. The zero-order valence-electron chi connectivity index (χ0n) is 19.9. The van der Waals surface area contributed by atoms with Gasteiger partial charge < -0.3 is 15.7 Å². The van der Waals surface area contributed by atoms with Gasteiger partial charge in [-0.15, -0.1) is 11.3 Å². The third kappa shape index (κ3) is 6.21. The van der Waals surface area contributed by atoms with Crippen molar-refractivity contribution < 1.29 is 41.1 Å². The molecule has 1 fully saturated rings. The molecule has 10 nitrogen and oxygen atoms in total. The molecule has 0 aliphatic carbocycles. The molecule has 3 amide bonds. The van der Waals surface area contributed by atoms with E-state index >= 15 is 0 Å². The zero-order chi connectivity index (χ0) is 28.3. The van der Waals surface area contributed by atoms with E-state index in [0.29, 0.717) is 6.07 Å². The maximum Gasteiger partial charge on any atom is 0.323 e. The van der Waals surface area contributed by atoms with E-state index in [4.69, 9.17) is 0 Å². The smallest absolute Gasteiger partial charge is 0.323 e. The molecule has 0 spiro atoms. The van der Waals surface area contributed by atoms with Gasteiger partial charge in [0, 0.05) is 19.2 Å². The number of hydrogen-bond acceptors (Lipinski definition) is 6. The van der Waals surface area contributed by atoms with Crippen molar-refractivity contribution in [2.75, 3.05) is 18.4 Å². The number of halogens is 3. The Labute approximate surface area is 224 Å². The lowest BCUT2D eigenvalue weighted by Gasteiger charge is -2.30. The van der Waals surface area contributed by atoms with Crippen molar-refractivity contribution in [2.24, 2.45) is 0 Å². The number of carboxylic acids is 1. The first kappa shape index (κ1) is 28.1. The third-order valence-corrected chi connectivity index (χ3v) is 9.05. The highest BCUT2D eigenvalue weighted by molar-refractivity contribution is 7.91. The molecule has 2 unspecified atom stereocenters. The highest BCUT2D eigenvalue weighted by Gasteiger charge is 2.47. The maximum absolute atomic E-state index is 14.2. The average Bonchev–Trinajstić information content (AvgIpc) is 3.57. The molecule has 206 valence electrons. The second-order valence-electron chi connectivity index (χ2n) is 8.38. The van der Waals surface area contributed by atoms with Crippen LogP contribution in [-0.4, -0.2) is 59.9 Å². The molecule has 4 rings (SSSR count). The number of thiophene rings is 1. The Morgan fingerprint density at radius 1 is 1.03 bits per heavy atom. The molecule has 1 aliphatic heterocycles. The van der Waals surface area contributed by atoms with Crippen LogP contribution >= 0.6 is 11.3 Å². The molecule has 15 heteroatoms. The summed E-state index contributed by atoms with van der Waals surface area (Å²) in [6.45, 7) is -0.588. The second-order valence-corrected chi connectivity index (χ2v) is 11.4. The Hall–Kier alpha value is -3.95. The van der Waals surface area contributed by atoms with E-state index in [1.807, 2.05) is 0 Å². The van der Waals surface area contributed by atoms with E-state index in [1.165, 1.54) is 29.6 Å². The van der Waals surface area contributed by atoms with Crippen molar-refractivity contribution in [3.05, 3.63) is 83.0 Å². The van der Waals surface area contributed by atoms with Crippen LogP contribution in [0.2, 0.25) is 0 Å². The number of sulfonamides is 1. The number of nitrogens with zero attached hydrogens (tertiary/aromatic N) is 2. The van der Waals surface area contributed by atoms with Crippen LogP contribution in [0.1, 0.15) is 18.0 Å². The molecular formula is C24H21F3N4O6S2. The first-order valence-electron chi connectivity index (χ1n) is 11.3.